The molecule has 1 aliphatic rings. The Kier molecular flexibility index (Phi) is 3.66. The zero-order valence-corrected chi connectivity index (χ0v) is 9.63. The van der Waals surface area contributed by atoms with Crippen molar-refractivity contribution in [3.8, 4) is 0 Å². The Morgan fingerprint density at radius 2 is 2.20 bits per heavy atom. The summed E-state index contributed by atoms with van der Waals surface area (Å²) in [5.41, 5.74) is 0.635. The Bertz CT molecular complexity index is 300. The van der Waals surface area contributed by atoms with E-state index in [1.165, 1.54) is 0 Å². The maximum atomic E-state index is 11.6. The average Bonchev–Trinajstić information content (AvgIpc) is 2.12. The van der Waals surface area contributed by atoms with Crippen molar-refractivity contribution in [3.63, 3.8) is 0 Å². The third-order valence-corrected chi connectivity index (χ3v) is 2.75. The highest BCUT2D eigenvalue weighted by molar-refractivity contribution is 5.96. The summed E-state index contributed by atoms with van der Waals surface area (Å²) in [4.78, 5) is 22.8. The highest BCUT2D eigenvalue weighted by Gasteiger charge is 2.30. The number of esters is 1. The summed E-state index contributed by atoms with van der Waals surface area (Å²) in [7, 11) is 0. The molecule has 0 N–H and O–H groups in total. The number of rotatable bonds is 3. The molecule has 0 aromatic carbocycles. The van der Waals surface area contributed by atoms with E-state index in [2.05, 4.69) is 0 Å². The van der Waals surface area contributed by atoms with Crippen molar-refractivity contribution in [1.29, 1.82) is 0 Å². The van der Waals surface area contributed by atoms with Crippen LogP contribution >= 0.6 is 0 Å². The van der Waals surface area contributed by atoms with Crippen LogP contribution in [0.4, 0.5) is 0 Å². The minimum absolute atomic E-state index is 0.119. The Labute approximate surface area is 90.5 Å². The summed E-state index contributed by atoms with van der Waals surface area (Å²) in [6.07, 6.45) is 3.50. The Hall–Kier alpha value is -1.12. The van der Waals surface area contributed by atoms with Gasteiger partial charge in [-0.3, -0.25) is 9.59 Å². The number of carbonyl (C=O) groups excluding carboxylic acids is 2. The molecule has 0 aromatic rings. The predicted octanol–water partition coefficient (Wildman–Crippen LogP) is 2.26. The summed E-state index contributed by atoms with van der Waals surface area (Å²) < 4.78 is 4.84. The third kappa shape index (κ3) is 3.18. The molecule has 0 saturated carbocycles. The molecule has 0 unspecified atom stereocenters. The number of allylic oxidation sites excluding steroid dienone is 1. The molecular formula is C12H18O3. The summed E-state index contributed by atoms with van der Waals surface area (Å²) >= 11 is 0. The van der Waals surface area contributed by atoms with Crippen molar-refractivity contribution in [3.05, 3.63) is 11.6 Å². The first-order valence-electron chi connectivity index (χ1n) is 5.35. The molecule has 1 aliphatic carbocycles. The lowest BCUT2D eigenvalue weighted by Crippen LogP contribution is -2.26. The summed E-state index contributed by atoms with van der Waals surface area (Å²) in [6, 6.07) is 0. The van der Waals surface area contributed by atoms with Gasteiger partial charge in [-0.1, -0.05) is 19.4 Å². The molecule has 0 atom stereocenters. The standard InChI is InChI=1S/C12H18O3/c1-4-15-11(14)8-9-5-6-12(2,3)10(13)7-9/h7H,4-6,8H2,1-3H3. The molecule has 15 heavy (non-hydrogen) atoms. The molecule has 0 amide bonds. The molecule has 1 rings (SSSR count). The highest BCUT2D eigenvalue weighted by atomic mass is 16.5. The van der Waals surface area contributed by atoms with Gasteiger partial charge in [0, 0.05) is 5.41 Å². The minimum Gasteiger partial charge on any atom is -0.466 e. The van der Waals surface area contributed by atoms with Gasteiger partial charge in [-0.05, 0) is 25.8 Å². The molecule has 0 aliphatic heterocycles. The van der Waals surface area contributed by atoms with E-state index in [9.17, 15) is 9.59 Å². The van der Waals surface area contributed by atoms with Crippen LogP contribution in [0.25, 0.3) is 0 Å². The van der Waals surface area contributed by atoms with Crippen molar-refractivity contribution in [1.82, 2.24) is 0 Å². The van der Waals surface area contributed by atoms with E-state index in [-0.39, 0.29) is 23.6 Å². The molecule has 0 heterocycles. The molecule has 0 radical (unpaired) electrons. The molecule has 84 valence electrons. The summed E-state index contributed by atoms with van der Waals surface area (Å²) in [6.45, 7) is 6.05. The Balaban J connectivity index is 2.59. The van der Waals surface area contributed by atoms with E-state index in [1.54, 1.807) is 13.0 Å². The number of carbonyl (C=O) groups is 2. The average molecular weight is 210 g/mol. The van der Waals surface area contributed by atoms with Crippen LogP contribution in [0.3, 0.4) is 0 Å². The molecular weight excluding hydrogens is 192 g/mol. The molecule has 3 nitrogen and oxygen atoms in total. The van der Waals surface area contributed by atoms with Gasteiger partial charge < -0.3 is 4.74 Å². The number of hydrogen-bond acceptors (Lipinski definition) is 3. The maximum absolute atomic E-state index is 11.6. The van der Waals surface area contributed by atoms with Gasteiger partial charge in [-0.15, -0.1) is 0 Å². The molecule has 0 bridgehead atoms. The summed E-state index contributed by atoms with van der Waals surface area (Å²) in [5.74, 6) is -0.121. The minimum atomic E-state index is -0.266. The van der Waals surface area contributed by atoms with Crippen LogP contribution in [-0.2, 0) is 14.3 Å². The second-order valence-corrected chi connectivity index (χ2v) is 4.53. The summed E-state index contributed by atoms with van der Waals surface area (Å²) in [5, 5.41) is 0. The van der Waals surface area contributed by atoms with Crippen molar-refractivity contribution >= 4 is 11.8 Å². The fraction of sp³-hybridized carbons (Fsp3) is 0.667. The maximum Gasteiger partial charge on any atom is 0.309 e. The fourth-order valence-corrected chi connectivity index (χ4v) is 1.59. The first-order chi connectivity index (χ1) is 6.95. The smallest absolute Gasteiger partial charge is 0.309 e. The Morgan fingerprint density at radius 3 is 2.73 bits per heavy atom. The van der Waals surface area contributed by atoms with E-state index in [0.717, 1.165) is 18.4 Å². The first-order valence-corrected chi connectivity index (χ1v) is 5.35. The monoisotopic (exact) mass is 210 g/mol. The van der Waals surface area contributed by atoms with Gasteiger partial charge in [0.2, 0.25) is 0 Å². The van der Waals surface area contributed by atoms with Crippen LogP contribution in [-0.4, -0.2) is 18.4 Å². The van der Waals surface area contributed by atoms with Gasteiger partial charge in [-0.25, -0.2) is 0 Å². The van der Waals surface area contributed by atoms with E-state index in [4.69, 9.17) is 4.74 Å². The SMILES string of the molecule is CCOC(=O)CC1=CC(=O)C(C)(C)CC1. The van der Waals surface area contributed by atoms with Gasteiger partial charge in [0.25, 0.3) is 0 Å². The van der Waals surface area contributed by atoms with Crippen LogP contribution in [0.5, 0.6) is 0 Å². The van der Waals surface area contributed by atoms with Crippen LogP contribution in [0.2, 0.25) is 0 Å². The van der Waals surface area contributed by atoms with Crippen LogP contribution in [0.1, 0.15) is 40.0 Å². The number of ether oxygens (including phenoxy) is 1. The quantitative estimate of drug-likeness (QED) is 0.671. The lowest BCUT2D eigenvalue weighted by molar-refractivity contribution is -0.142. The second kappa shape index (κ2) is 4.60. The van der Waals surface area contributed by atoms with Gasteiger partial charge in [-0.2, -0.15) is 0 Å². The van der Waals surface area contributed by atoms with Crippen molar-refractivity contribution in [2.45, 2.75) is 40.0 Å². The molecule has 0 fully saturated rings. The second-order valence-electron chi connectivity index (χ2n) is 4.53. The van der Waals surface area contributed by atoms with E-state index >= 15 is 0 Å². The van der Waals surface area contributed by atoms with Crippen LogP contribution in [0, 0.1) is 5.41 Å². The highest BCUT2D eigenvalue weighted by Crippen LogP contribution is 2.32. The van der Waals surface area contributed by atoms with Gasteiger partial charge in [0.1, 0.15) is 0 Å². The van der Waals surface area contributed by atoms with Crippen LogP contribution in [0.15, 0.2) is 11.6 Å². The number of ketones is 1. The van der Waals surface area contributed by atoms with E-state index < -0.39 is 0 Å². The molecule has 0 saturated heterocycles. The zero-order chi connectivity index (χ0) is 11.5. The Morgan fingerprint density at radius 1 is 1.53 bits per heavy atom. The molecule has 0 aromatic heterocycles. The zero-order valence-electron chi connectivity index (χ0n) is 9.63. The number of hydrogen-bond donors (Lipinski definition) is 0. The van der Waals surface area contributed by atoms with Crippen molar-refractivity contribution in [2.75, 3.05) is 6.61 Å². The normalized spacial score (nSPS) is 19.7. The van der Waals surface area contributed by atoms with Crippen molar-refractivity contribution in [2.24, 2.45) is 5.41 Å². The topological polar surface area (TPSA) is 43.4 Å². The predicted molar refractivity (Wildman–Crippen MR) is 57.4 cm³/mol. The lowest BCUT2D eigenvalue weighted by Gasteiger charge is -2.26. The van der Waals surface area contributed by atoms with Crippen LogP contribution < -0.4 is 0 Å². The van der Waals surface area contributed by atoms with Gasteiger partial charge >= 0.3 is 5.97 Å². The first kappa shape index (κ1) is 12.0. The van der Waals surface area contributed by atoms with E-state index in [0.29, 0.717) is 6.61 Å². The third-order valence-electron chi connectivity index (χ3n) is 2.75. The largest absolute Gasteiger partial charge is 0.466 e. The molecule has 3 heteroatoms. The van der Waals surface area contributed by atoms with Gasteiger partial charge in [0.15, 0.2) is 5.78 Å². The lowest BCUT2D eigenvalue weighted by atomic mass is 9.77. The van der Waals surface area contributed by atoms with E-state index in [1.807, 2.05) is 13.8 Å². The fourth-order valence-electron chi connectivity index (χ4n) is 1.59. The van der Waals surface area contributed by atoms with Gasteiger partial charge in [0.05, 0.1) is 13.0 Å². The molecule has 0 spiro atoms. The van der Waals surface area contributed by atoms with Crippen molar-refractivity contribution < 1.29 is 14.3 Å².